The van der Waals surface area contributed by atoms with E-state index in [-0.39, 0.29) is 12.4 Å². The maximum absolute atomic E-state index is 13.8. The number of halogens is 1. The van der Waals surface area contributed by atoms with Gasteiger partial charge in [-0.2, -0.15) is 0 Å². The molecule has 2 aromatic carbocycles. The maximum atomic E-state index is 13.8. The number of ether oxygens (including phenoxy) is 2. The molecule has 0 spiro atoms. The molecule has 1 N–H and O–H groups in total. The van der Waals surface area contributed by atoms with E-state index in [1.807, 2.05) is 6.92 Å². The Bertz CT molecular complexity index is 625. The van der Waals surface area contributed by atoms with Gasteiger partial charge in [0.15, 0.2) is 11.5 Å². The molecule has 1 atom stereocenters. The predicted molar refractivity (Wildman–Crippen MR) is 67.8 cm³/mol. The van der Waals surface area contributed by atoms with Crippen LogP contribution >= 0.6 is 0 Å². The molecule has 0 saturated heterocycles. The van der Waals surface area contributed by atoms with Crippen LogP contribution in [0.1, 0.15) is 22.8 Å². The first-order valence-electron chi connectivity index (χ1n) is 5.99. The SMILES string of the molecule is Cc1ccc(F)c(C(O)c2ccc3c(c2)OCO3)c1. The van der Waals surface area contributed by atoms with E-state index in [4.69, 9.17) is 9.47 Å². The topological polar surface area (TPSA) is 38.7 Å². The third-order valence-electron chi connectivity index (χ3n) is 3.16. The highest BCUT2D eigenvalue weighted by atomic mass is 19.1. The normalized spacial score (nSPS) is 14.5. The molecule has 0 fully saturated rings. The second-order valence-corrected chi connectivity index (χ2v) is 4.54. The molecule has 0 amide bonds. The first kappa shape index (κ1) is 12.0. The van der Waals surface area contributed by atoms with Crippen LogP contribution in [0.3, 0.4) is 0 Å². The first-order chi connectivity index (χ1) is 9.15. The fourth-order valence-corrected chi connectivity index (χ4v) is 2.14. The predicted octanol–water partition coefficient (Wildman–Crippen LogP) is 2.94. The van der Waals surface area contributed by atoms with Crippen LogP contribution in [0, 0.1) is 12.7 Å². The summed E-state index contributed by atoms with van der Waals surface area (Å²) in [7, 11) is 0. The zero-order chi connectivity index (χ0) is 13.4. The molecular formula is C15H13FO3. The molecule has 3 rings (SSSR count). The summed E-state index contributed by atoms with van der Waals surface area (Å²) in [6.45, 7) is 2.03. The van der Waals surface area contributed by atoms with Crippen molar-refractivity contribution in [3.05, 3.63) is 58.9 Å². The molecule has 19 heavy (non-hydrogen) atoms. The largest absolute Gasteiger partial charge is 0.454 e. The van der Waals surface area contributed by atoms with Crippen LogP contribution in [-0.4, -0.2) is 11.9 Å². The number of aliphatic hydroxyl groups is 1. The Morgan fingerprint density at radius 2 is 1.89 bits per heavy atom. The lowest BCUT2D eigenvalue weighted by Crippen LogP contribution is -2.03. The van der Waals surface area contributed by atoms with Gasteiger partial charge in [-0.05, 0) is 30.7 Å². The van der Waals surface area contributed by atoms with Gasteiger partial charge >= 0.3 is 0 Å². The highest BCUT2D eigenvalue weighted by molar-refractivity contribution is 5.46. The molecule has 1 aliphatic heterocycles. The second-order valence-electron chi connectivity index (χ2n) is 4.54. The Morgan fingerprint density at radius 3 is 2.74 bits per heavy atom. The number of rotatable bonds is 2. The molecule has 0 aromatic heterocycles. The lowest BCUT2D eigenvalue weighted by molar-refractivity contribution is 0.173. The van der Waals surface area contributed by atoms with E-state index < -0.39 is 11.9 Å². The molecule has 0 aliphatic carbocycles. The summed E-state index contributed by atoms with van der Waals surface area (Å²) in [6.07, 6.45) is -1.02. The molecule has 4 heteroatoms. The van der Waals surface area contributed by atoms with Crippen LogP contribution < -0.4 is 9.47 Å². The van der Waals surface area contributed by atoms with Gasteiger partial charge in [-0.15, -0.1) is 0 Å². The van der Waals surface area contributed by atoms with Crippen LogP contribution in [0.4, 0.5) is 4.39 Å². The Hall–Kier alpha value is -2.07. The highest BCUT2D eigenvalue weighted by Gasteiger charge is 2.19. The number of hydrogen-bond donors (Lipinski definition) is 1. The van der Waals surface area contributed by atoms with E-state index in [2.05, 4.69) is 0 Å². The van der Waals surface area contributed by atoms with Gasteiger partial charge in [0, 0.05) is 5.56 Å². The Morgan fingerprint density at radius 1 is 1.11 bits per heavy atom. The van der Waals surface area contributed by atoms with Crippen molar-refractivity contribution in [1.29, 1.82) is 0 Å². The Kier molecular flexibility index (Phi) is 2.87. The van der Waals surface area contributed by atoms with Gasteiger partial charge in [0.1, 0.15) is 11.9 Å². The quantitative estimate of drug-likeness (QED) is 0.902. The van der Waals surface area contributed by atoms with E-state index in [0.717, 1.165) is 5.56 Å². The molecule has 3 nitrogen and oxygen atoms in total. The summed E-state index contributed by atoms with van der Waals surface area (Å²) >= 11 is 0. The van der Waals surface area contributed by atoms with Gasteiger partial charge < -0.3 is 14.6 Å². The van der Waals surface area contributed by atoms with Crippen molar-refractivity contribution in [2.45, 2.75) is 13.0 Å². The van der Waals surface area contributed by atoms with Gasteiger partial charge in [-0.3, -0.25) is 0 Å². The Labute approximate surface area is 110 Å². The molecular weight excluding hydrogens is 247 g/mol. The summed E-state index contributed by atoms with van der Waals surface area (Å²) in [5.41, 5.74) is 1.74. The molecule has 1 aliphatic rings. The van der Waals surface area contributed by atoms with E-state index >= 15 is 0 Å². The van der Waals surface area contributed by atoms with Crippen LogP contribution in [0.15, 0.2) is 36.4 Å². The lowest BCUT2D eigenvalue weighted by Gasteiger charge is -2.13. The van der Waals surface area contributed by atoms with Crippen LogP contribution in [0.2, 0.25) is 0 Å². The lowest BCUT2D eigenvalue weighted by atomic mass is 9.99. The van der Waals surface area contributed by atoms with Gasteiger partial charge in [-0.1, -0.05) is 23.8 Å². The van der Waals surface area contributed by atoms with Crippen molar-refractivity contribution in [2.75, 3.05) is 6.79 Å². The molecule has 0 bridgehead atoms. The maximum Gasteiger partial charge on any atom is 0.231 e. The second kappa shape index (κ2) is 4.55. The zero-order valence-electron chi connectivity index (χ0n) is 10.4. The van der Waals surface area contributed by atoms with Crippen molar-refractivity contribution in [3.8, 4) is 11.5 Å². The third kappa shape index (κ3) is 2.15. The van der Waals surface area contributed by atoms with E-state index in [1.165, 1.54) is 6.07 Å². The van der Waals surface area contributed by atoms with Crippen molar-refractivity contribution in [2.24, 2.45) is 0 Å². The van der Waals surface area contributed by atoms with Crippen molar-refractivity contribution in [3.63, 3.8) is 0 Å². The molecule has 2 aromatic rings. The van der Waals surface area contributed by atoms with E-state index in [1.54, 1.807) is 30.3 Å². The van der Waals surface area contributed by atoms with Crippen molar-refractivity contribution >= 4 is 0 Å². The summed E-state index contributed by atoms with van der Waals surface area (Å²) in [6, 6.07) is 9.78. The van der Waals surface area contributed by atoms with Crippen LogP contribution in [0.5, 0.6) is 11.5 Å². The first-order valence-corrected chi connectivity index (χ1v) is 5.99. The zero-order valence-corrected chi connectivity index (χ0v) is 10.4. The molecule has 1 unspecified atom stereocenters. The number of hydrogen-bond acceptors (Lipinski definition) is 3. The van der Waals surface area contributed by atoms with Gasteiger partial charge in [-0.25, -0.2) is 4.39 Å². The number of aryl methyl sites for hydroxylation is 1. The summed E-state index contributed by atoms with van der Waals surface area (Å²) in [5.74, 6) is 0.793. The van der Waals surface area contributed by atoms with Gasteiger partial charge in [0.05, 0.1) is 0 Å². The highest BCUT2D eigenvalue weighted by Crippen LogP contribution is 2.36. The summed E-state index contributed by atoms with van der Waals surface area (Å²) < 4.78 is 24.2. The Balaban J connectivity index is 1.99. The third-order valence-corrected chi connectivity index (χ3v) is 3.16. The number of fused-ring (bicyclic) bond motifs is 1. The summed E-state index contributed by atoms with van der Waals surface area (Å²) in [4.78, 5) is 0. The average molecular weight is 260 g/mol. The van der Waals surface area contributed by atoms with Crippen molar-refractivity contribution < 1.29 is 19.0 Å². The minimum atomic E-state index is -1.02. The van der Waals surface area contributed by atoms with Crippen molar-refractivity contribution in [1.82, 2.24) is 0 Å². The summed E-state index contributed by atoms with van der Waals surface area (Å²) in [5, 5.41) is 10.3. The standard InChI is InChI=1S/C15H13FO3/c1-9-2-4-12(16)11(6-9)15(17)10-3-5-13-14(7-10)19-8-18-13/h2-7,15,17H,8H2,1H3. The van der Waals surface area contributed by atoms with Crippen LogP contribution in [0.25, 0.3) is 0 Å². The molecule has 0 radical (unpaired) electrons. The average Bonchev–Trinajstić information content (AvgIpc) is 2.88. The minimum absolute atomic E-state index is 0.174. The number of benzene rings is 2. The van der Waals surface area contributed by atoms with Crippen LogP contribution in [-0.2, 0) is 0 Å². The smallest absolute Gasteiger partial charge is 0.231 e. The van der Waals surface area contributed by atoms with Gasteiger partial charge in [0.2, 0.25) is 6.79 Å². The molecule has 1 heterocycles. The van der Waals surface area contributed by atoms with E-state index in [0.29, 0.717) is 17.1 Å². The monoisotopic (exact) mass is 260 g/mol. The molecule has 0 saturated carbocycles. The number of aliphatic hydroxyl groups excluding tert-OH is 1. The fourth-order valence-electron chi connectivity index (χ4n) is 2.14. The molecule has 98 valence electrons. The minimum Gasteiger partial charge on any atom is -0.454 e. The van der Waals surface area contributed by atoms with E-state index in [9.17, 15) is 9.50 Å². The van der Waals surface area contributed by atoms with Gasteiger partial charge in [0.25, 0.3) is 0 Å². The fraction of sp³-hybridized carbons (Fsp3) is 0.200.